The smallest absolute Gasteiger partial charge is 0.240 e. The fourth-order valence-corrected chi connectivity index (χ4v) is 2.78. The van der Waals surface area contributed by atoms with Crippen molar-refractivity contribution in [2.24, 2.45) is 16.3 Å². The molecule has 1 amide bonds. The number of nitrogens with two attached hydrogens (primary N) is 1. The number of nitrogens with zero attached hydrogens (tertiary/aromatic N) is 2. The second-order valence-electron chi connectivity index (χ2n) is 5.12. The molecule has 1 fully saturated rings. The lowest BCUT2D eigenvalue weighted by Gasteiger charge is -2.31. The summed E-state index contributed by atoms with van der Waals surface area (Å²) < 4.78 is 13.3. The van der Waals surface area contributed by atoms with Crippen LogP contribution in [0, 0.1) is 11.2 Å². The molecule has 0 spiro atoms. The van der Waals surface area contributed by atoms with Crippen LogP contribution in [0.1, 0.15) is 25.7 Å². The van der Waals surface area contributed by atoms with Gasteiger partial charge in [0.05, 0.1) is 0 Å². The average molecular weight is 279 g/mol. The molecule has 1 aromatic carbocycles. The molecule has 0 bridgehead atoms. The van der Waals surface area contributed by atoms with E-state index in [1.165, 1.54) is 17.0 Å². The third kappa shape index (κ3) is 2.33. The van der Waals surface area contributed by atoms with E-state index in [4.69, 9.17) is 10.9 Å². The van der Waals surface area contributed by atoms with Crippen LogP contribution in [-0.4, -0.2) is 24.0 Å². The van der Waals surface area contributed by atoms with Gasteiger partial charge in [0.25, 0.3) is 0 Å². The fourth-order valence-electron chi connectivity index (χ4n) is 2.78. The number of hydrogen-bond donors (Lipinski definition) is 2. The molecule has 0 radical (unpaired) electrons. The van der Waals surface area contributed by atoms with E-state index in [9.17, 15) is 9.18 Å². The van der Waals surface area contributed by atoms with E-state index in [-0.39, 0.29) is 11.7 Å². The number of hydrogen-bond acceptors (Lipinski definition) is 3. The Bertz CT molecular complexity index is 539. The van der Waals surface area contributed by atoms with Crippen molar-refractivity contribution in [1.29, 1.82) is 0 Å². The first-order valence-electron chi connectivity index (χ1n) is 6.53. The van der Waals surface area contributed by atoms with Crippen molar-refractivity contribution in [1.82, 2.24) is 0 Å². The van der Waals surface area contributed by atoms with E-state index >= 15 is 0 Å². The molecular formula is C14H18FN3O2. The molecule has 108 valence electrons. The van der Waals surface area contributed by atoms with E-state index in [0.29, 0.717) is 18.5 Å². The van der Waals surface area contributed by atoms with Crippen molar-refractivity contribution in [3.63, 3.8) is 0 Å². The maximum absolute atomic E-state index is 13.3. The number of anilines is 1. The van der Waals surface area contributed by atoms with Crippen molar-refractivity contribution in [2.75, 3.05) is 11.9 Å². The van der Waals surface area contributed by atoms with E-state index in [0.717, 1.165) is 12.8 Å². The van der Waals surface area contributed by atoms with Gasteiger partial charge in [0, 0.05) is 12.7 Å². The van der Waals surface area contributed by atoms with Gasteiger partial charge in [-0.05, 0) is 31.0 Å². The number of carbonyl (C=O) groups excluding carboxylic acids is 1. The number of rotatable bonds is 3. The maximum Gasteiger partial charge on any atom is 0.240 e. The van der Waals surface area contributed by atoms with Crippen molar-refractivity contribution in [3.8, 4) is 0 Å². The Balaban J connectivity index is 2.33. The van der Waals surface area contributed by atoms with Gasteiger partial charge < -0.3 is 15.8 Å². The Morgan fingerprint density at radius 2 is 2.10 bits per heavy atom. The van der Waals surface area contributed by atoms with E-state index in [1.54, 1.807) is 19.2 Å². The highest BCUT2D eigenvalue weighted by Gasteiger charge is 2.47. The Hall–Kier alpha value is -2.11. The van der Waals surface area contributed by atoms with Crippen LogP contribution < -0.4 is 10.6 Å². The van der Waals surface area contributed by atoms with Crippen LogP contribution in [0.5, 0.6) is 0 Å². The number of carbonyl (C=O) groups is 1. The summed E-state index contributed by atoms with van der Waals surface area (Å²) >= 11 is 0. The molecule has 0 aromatic heterocycles. The second-order valence-corrected chi connectivity index (χ2v) is 5.12. The predicted octanol–water partition coefficient (Wildman–Crippen LogP) is 2.10. The third-order valence-corrected chi connectivity index (χ3v) is 3.96. The van der Waals surface area contributed by atoms with Gasteiger partial charge in [0.15, 0.2) is 5.84 Å². The Kier molecular flexibility index (Phi) is 3.92. The normalized spacial score (nSPS) is 18.0. The standard InChI is InChI=1S/C14H18FN3O2/c1-18(11-6-4-5-10(15)9-11)13(19)14(12(16)17-20)7-2-3-8-14/h4-6,9,20H,2-3,7-8H2,1H3,(H2,16,17). The van der Waals surface area contributed by atoms with Gasteiger partial charge in [-0.1, -0.05) is 24.1 Å². The monoisotopic (exact) mass is 279 g/mol. The zero-order valence-electron chi connectivity index (χ0n) is 11.3. The van der Waals surface area contributed by atoms with Crippen LogP contribution >= 0.6 is 0 Å². The number of amidine groups is 1. The summed E-state index contributed by atoms with van der Waals surface area (Å²) in [6.07, 6.45) is 2.78. The molecular weight excluding hydrogens is 261 g/mol. The van der Waals surface area contributed by atoms with Gasteiger partial charge in [-0.25, -0.2) is 4.39 Å². The van der Waals surface area contributed by atoms with Crippen LogP contribution in [-0.2, 0) is 4.79 Å². The lowest BCUT2D eigenvalue weighted by atomic mass is 9.83. The van der Waals surface area contributed by atoms with Gasteiger partial charge in [-0.3, -0.25) is 4.79 Å². The Morgan fingerprint density at radius 3 is 2.65 bits per heavy atom. The lowest BCUT2D eigenvalue weighted by molar-refractivity contribution is -0.124. The first kappa shape index (κ1) is 14.3. The summed E-state index contributed by atoms with van der Waals surface area (Å²) in [6, 6.07) is 5.79. The number of halogens is 1. The summed E-state index contributed by atoms with van der Waals surface area (Å²) in [7, 11) is 1.57. The SMILES string of the molecule is CN(C(=O)C1(C(N)=NO)CCCC1)c1cccc(F)c1. The third-order valence-electron chi connectivity index (χ3n) is 3.96. The van der Waals surface area contributed by atoms with Crippen LogP contribution in [0.4, 0.5) is 10.1 Å². The molecule has 0 saturated heterocycles. The Morgan fingerprint density at radius 1 is 1.45 bits per heavy atom. The quantitative estimate of drug-likeness (QED) is 0.385. The number of amides is 1. The van der Waals surface area contributed by atoms with Crippen LogP contribution in [0.25, 0.3) is 0 Å². The Labute approximate surface area is 116 Å². The average Bonchev–Trinajstić information content (AvgIpc) is 2.95. The largest absolute Gasteiger partial charge is 0.409 e. The van der Waals surface area contributed by atoms with E-state index in [2.05, 4.69) is 5.16 Å². The highest BCUT2D eigenvalue weighted by molar-refractivity contribution is 6.12. The summed E-state index contributed by atoms with van der Waals surface area (Å²) in [6.45, 7) is 0. The van der Waals surface area contributed by atoms with Crippen molar-refractivity contribution in [2.45, 2.75) is 25.7 Å². The van der Waals surface area contributed by atoms with Gasteiger partial charge >= 0.3 is 0 Å². The molecule has 6 heteroatoms. The van der Waals surface area contributed by atoms with Gasteiger partial charge in [-0.15, -0.1) is 0 Å². The molecule has 0 atom stereocenters. The van der Waals surface area contributed by atoms with Crippen molar-refractivity contribution in [3.05, 3.63) is 30.1 Å². The molecule has 1 aliphatic carbocycles. The van der Waals surface area contributed by atoms with E-state index in [1.807, 2.05) is 0 Å². The molecule has 1 aliphatic rings. The van der Waals surface area contributed by atoms with E-state index < -0.39 is 11.2 Å². The predicted molar refractivity (Wildman–Crippen MR) is 74.1 cm³/mol. The van der Waals surface area contributed by atoms with Crippen LogP contribution in [0.15, 0.2) is 29.4 Å². The van der Waals surface area contributed by atoms with Gasteiger partial charge in [0.1, 0.15) is 11.2 Å². The summed E-state index contributed by atoms with van der Waals surface area (Å²) in [5.41, 5.74) is 5.21. The van der Waals surface area contributed by atoms with Crippen LogP contribution in [0.3, 0.4) is 0 Å². The molecule has 3 N–H and O–H groups in total. The van der Waals surface area contributed by atoms with Crippen LogP contribution in [0.2, 0.25) is 0 Å². The highest BCUT2D eigenvalue weighted by Crippen LogP contribution is 2.40. The van der Waals surface area contributed by atoms with Crippen molar-refractivity contribution < 1.29 is 14.4 Å². The summed E-state index contributed by atoms with van der Waals surface area (Å²) in [4.78, 5) is 14.1. The second kappa shape index (κ2) is 5.48. The summed E-state index contributed by atoms with van der Waals surface area (Å²) in [5, 5.41) is 12.0. The number of oxime groups is 1. The molecule has 0 heterocycles. The minimum Gasteiger partial charge on any atom is -0.409 e. The minimum atomic E-state index is -0.976. The van der Waals surface area contributed by atoms with Gasteiger partial charge in [0.2, 0.25) is 5.91 Å². The molecule has 20 heavy (non-hydrogen) atoms. The molecule has 5 nitrogen and oxygen atoms in total. The minimum absolute atomic E-state index is 0.0664. The first-order valence-corrected chi connectivity index (χ1v) is 6.53. The molecule has 0 unspecified atom stereocenters. The molecule has 1 saturated carbocycles. The molecule has 2 rings (SSSR count). The molecule has 0 aliphatic heterocycles. The van der Waals surface area contributed by atoms with Crippen molar-refractivity contribution >= 4 is 17.4 Å². The fraction of sp³-hybridized carbons (Fsp3) is 0.429. The maximum atomic E-state index is 13.3. The zero-order valence-corrected chi connectivity index (χ0v) is 11.3. The topological polar surface area (TPSA) is 78.9 Å². The van der Waals surface area contributed by atoms with Gasteiger partial charge in [-0.2, -0.15) is 0 Å². The zero-order chi connectivity index (χ0) is 14.8. The lowest BCUT2D eigenvalue weighted by Crippen LogP contribution is -2.49. The molecule has 1 aromatic rings. The summed E-state index contributed by atoms with van der Waals surface area (Å²) in [5.74, 6) is -0.745. The highest BCUT2D eigenvalue weighted by atomic mass is 19.1. The number of benzene rings is 1. The first-order chi connectivity index (χ1) is 9.51.